The molecular formula is C124H80. The number of hydrogen-bond acceptors (Lipinski definition) is 0. The Balaban J connectivity index is 0.000000140. The zero-order valence-electron chi connectivity index (χ0n) is 117. The molecule has 0 N–H and O–H groups in total. The predicted molar refractivity (Wildman–Crippen MR) is 536 cm³/mol. The maximum absolute atomic E-state index is 9.44. The quantitative estimate of drug-likeness (QED) is 0.0998. The van der Waals surface area contributed by atoms with Crippen molar-refractivity contribution in [3.8, 4) is 100 Å². The number of fused-ring (bicyclic) bond motifs is 14. The maximum Gasteiger partial charge on any atom is 0.0636 e. The lowest BCUT2D eigenvalue weighted by Gasteiger charge is -2.19. The normalized spacial score (nSPS) is 17.5. The molecule has 0 saturated heterocycles. The molecule has 25 aromatic rings. The van der Waals surface area contributed by atoms with Gasteiger partial charge in [-0.3, -0.25) is 0 Å². The van der Waals surface area contributed by atoms with Gasteiger partial charge < -0.3 is 0 Å². The van der Waals surface area contributed by atoms with Crippen molar-refractivity contribution < 1.29 is 72.7 Å². The molecule has 0 atom stereocenters. The molecule has 0 aromatic heterocycles. The Morgan fingerprint density at radius 2 is 0.435 bits per heavy atom. The fourth-order valence-corrected chi connectivity index (χ4v) is 16.3. The van der Waals surface area contributed by atoms with Crippen LogP contribution in [0.2, 0.25) is 0 Å². The van der Waals surface area contributed by atoms with E-state index in [0.717, 1.165) is 37.9 Å². The van der Waals surface area contributed by atoms with Gasteiger partial charge in [-0.05, 0) is 277 Å². The molecule has 0 aliphatic carbocycles. The Hall–Kier alpha value is -16.1. The molecule has 0 radical (unpaired) electrons. The minimum atomic E-state index is -0.901. The SMILES string of the molecule is [2H]c1c([2H])c(-c2c3c([2H])c([2H])c([2H])c([2H])c3c(-c3ccc4ccccc4c3)c3c([2H])c([2H])c([2H])c([2H])c23)c([2H])c([2H])c1-c1c([2H])c([2H])c([2H])c2c([2H])c([2H])c([2H])c([2H])c12.[2H]c1c([2H])c(-c2c3c([2H])c([2H])c([2H])c([2H])c3c(-c3ccc4ccccc4c3)c3c([2H])c([2H])c([2H])c([2H])c23)c([2H])c([2H])c1-c1c([2H])c([2H])c2c([2H])c([2H])c([2H])c([2H])c2c1[2H].[2H]c1c([2H])c([2H])c2c([2H])c(-c3c4c([2H])c([2H])c([2H])c([2H])c4c(-c4cccc(-c5cc6ccccc6c6ccccc56)c4)c4c([2H])c([2H])c([2H])c([2H])c34)c([2H])c([2H])c2c1[2H]. The van der Waals surface area contributed by atoms with E-state index in [1.807, 2.05) is 84.9 Å². The van der Waals surface area contributed by atoms with Gasteiger partial charge in [0.05, 0.1) is 72.7 Å². The van der Waals surface area contributed by atoms with Crippen LogP contribution in [-0.2, 0) is 0 Å². The van der Waals surface area contributed by atoms with Crippen LogP contribution in [0.15, 0.2) is 484 Å². The van der Waals surface area contributed by atoms with Gasteiger partial charge in [-0.1, -0.05) is 448 Å². The van der Waals surface area contributed by atoms with Crippen LogP contribution in [0.1, 0.15) is 72.7 Å². The van der Waals surface area contributed by atoms with Gasteiger partial charge in [-0.15, -0.1) is 0 Å². The van der Waals surface area contributed by atoms with Gasteiger partial charge in [0.1, 0.15) is 0 Å². The van der Waals surface area contributed by atoms with Crippen molar-refractivity contribution in [2.45, 2.75) is 0 Å². The van der Waals surface area contributed by atoms with Crippen molar-refractivity contribution in [1.29, 1.82) is 0 Å². The van der Waals surface area contributed by atoms with Crippen molar-refractivity contribution in [3.63, 3.8) is 0 Å². The summed E-state index contributed by atoms with van der Waals surface area (Å²) in [5.74, 6) is 0. The highest BCUT2D eigenvalue weighted by molar-refractivity contribution is 6.26. The summed E-state index contributed by atoms with van der Waals surface area (Å²) >= 11 is 0. The molecular weight excluding hydrogens is 1490 g/mol. The third kappa shape index (κ3) is 13.0. The fourth-order valence-electron chi connectivity index (χ4n) is 16.3. The van der Waals surface area contributed by atoms with Gasteiger partial charge in [-0.2, -0.15) is 0 Å². The van der Waals surface area contributed by atoms with Gasteiger partial charge in [-0.25, -0.2) is 0 Å². The van der Waals surface area contributed by atoms with E-state index in [9.17, 15) is 30.2 Å². The topological polar surface area (TPSA) is 0 Å². The first-order valence-corrected chi connectivity index (χ1v) is 38.7. The van der Waals surface area contributed by atoms with E-state index >= 15 is 0 Å². The molecule has 576 valence electrons. The molecule has 0 saturated carbocycles. The minimum absolute atomic E-state index is 0.00768. The zero-order valence-corrected chi connectivity index (χ0v) is 64.1. The Kier molecular flexibility index (Phi) is 9.28. The second kappa shape index (κ2) is 31.2. The summed E-state index contributed by atoms with van der Waals surface area (Å²) in [4.78, 5) is 0. The first kappa shape index (κ1) is 36.8. The lowest BCUT2D eigenvalue weighted by atomic mass is 9.84. The van der Waals surface area contributed by atoms with E-state index in [-0.39, 0.29) is 86.9 Å². The summed E-state index contributed by atoms with van der Waals surface area (Å²) in [6.45, 7) is 0. The van der Waals surface area contributed by atoms with Crippen LogP contribution < -0.4 is 0 Å². The van der Waals surface area contributed by atoms with E-state index in [4.69, 9.17) is 42.5 Å². The zero-order chi connectivity index (χ0) is 128. The van der Waals surface area contributed by atoms with Gasteiger partial charge >= 0.3 is 0 Å². The van der Waals surface area contributed by atoms with Crippen LogP contribution in [0.25, 0.3) is 240 Å². The molecule has 25 aromatic carbocycles. The molecule has 0 aliphatic heterocycles. The fraction of sp³-hybridized carbons (Fsp3) is 0. The van der Waals surface area contributed by atoms with E-state index in [1.54, 1.807) is 78.9 Å². The highest BCUT2D eigenvalue weighted by atomic mass is 14.3. The second-order valence-corrected chi connectivity index (χ2v) is 28.6. The third-order valence-corrected chi connectivity index (χ3v) is 21.7. The van der Waals surface area contributed by atoms with Crippen LogP contribution >= 0.6 is 0 Å². The molecule has 0 bridgehead atoms. The molecule has 0 amide bonds. The average Bonchev–Trinajstić information content (AvgIpc) is 0.689. The first-order valence-electron chi connectivity index (χ1n) is 65.2. The van der Waals surface area contributed by atoms with Crippen molar-refractivity contribution in [3.05, 3.63) is 484 Å². The van der Waals surface area contributed by atoms with Crippen LogP contribution in [0.3, 0.4) is 0 Å². The Bertz CT molecular complexity index is 11700. The molecule has 25 rings (SSSR count). The highest BCUT2D eigenvalue weighted by Crippen LogP contribution is 2.50. The van der Waals surface area contributed by atoms with E-state index < -0.39 is 403 Å². The van der Waals surface area contributed by atoms with Gasteiger partial charge in [0, 0.05) is 0 Å². The van der Waals surface area contributed by atoms with Gasteiger partial charge in [0.15, 0.2) is 0 Å². The maximum atomic E-state index is 9.44. The number of hydrogen-bond donors (Lipinski definition) is 0. The Morgan fingerprint density at radius 3 is 0.903 bits per heavy atom. The van der Waals surface area contributed by atoms with Crippen molar-refractivity contribution in [2.75, 3.05) is 0 Å². The summed E-state index contributed by atoms with van der Waals surface area (Å²) in [6.07, 6.45) is 0. The standard InChI is InChI=1S/C44H28.2C40H26/c1-2-13-30-26-34(25-24-29(30)12-1)44-40-22-9-7-20-38(40)43(39-21-8-10-23-41(39)44)33-16-11-15-31(27-33)42-28-32-14-3-4-17-35(32)36-18-5-6-19-37(36)42;1-3-11-31-25-33(23-19-27(31)9-1)29-17-21-30(22-18-29)39-35-13-5-7-15-37(35)40(38-16-8-6-14-36(38)39)34-24-20-28-10-2-4-12-32(28)26-34;1-2-12-31-26-32(25-20-27(31)10-1)40-37-17-7-5-15-35(37)39(36-16-6-8-18-38(36)40)30-23-21-29(22-24-30)34-19-9-13-28-11-3-4-14-33(28)34/h1-28H;2*1-26H/i1D,2D,7D,8D,9D,10D,12D,13D,20D,21D,22D,23D,24D,25D,26D;1D,3D,5D,6D,7D,8D,9D,11D,13D,14D,15D,16D,17D,18D,19D,21D,22D,23D,25D;3D,4D,5D,6D,7D,8D,9D,11D,13D,14D,15D,16D,17D,18D,19D,21D,22D,23D,24D. The van der Waals surface area contributed by atoms with Crippen molar-refractivity contribution in [2.24, 2.45) is 0 Å². The number of rotatable bonds is 9. The summed E-state index contributed by atoms with van der Waals surface area (Å²) in [5.41, 5.74) is -2.94. The molecule has 124 heavy (non-hydrogen) atoms. The highest BCUT2D eigenvalue weighted by Gasteiger charge is 2.23. The third-order valence-electron chi connectivity index (χ3n) is 21.7. The van der Waals surface area contributed by atoms with Gasteiger partial charge in [0.25, 0.3) is 0 Å². The van der Waals surface area contributed by atoms with Crippen LogP contribution in [0.5, 0.6) is 0 Å². The molecule has 0 nitrogen and oxygen atoms in total. The van der Waals surface area contributed by atoms with Crippen LogP contribution in [0.4, 0.5) is 0 Å². The van der Waals surface area contributed by atoms with E-state index in [0.29, 0.717) is 33.0 Å². The lowest BCUT2D eigenvalue weighted by molar-refractivity contribution is 1.63. The first-order chi connectivity index (χ1) is 83.6. The molecule has 0 spiro atoms. The average molecular weight is 1620 g/mol. The molecule has 0 heterocycles. The van der Waals surface area contributed by atoms with E-state index in [2.05, 4.69) is 0 Å². The largest absolute Gasteiger partial charge is 0.0636 e. The smallest absolute Gasteiger partial charge is 0.0616 e. The molecule has 0 fully saturated rings. The minimum Gasteiger partial charge on any atom is -0.0616 e. The number of benzene rings is 25. The molecule has 0 heteroatoms. The summed E-state index contributed by atoms with van der Waals surface area (Å²) in [7, 11) is 0. The van der Waals surface area contributed by atoms with E-state index in [1.165, 1.54) is 0 Å². The Labute approximate surface area is 794 Å². The summed E-state index contributed by atoms with van der Waals surface area (Å²) in [5, 5.41) is 1.02. The Morgan fingerprint density at radius 1 is 0.121 bits per heavy atom. The second-order valence-electron chi connectivity index (χ2n) is 28.6. The summed E-state index contributed by atoms with van der Waals surface area (Å²) in [6, 6.07) is 11.2. The van der Waals surface area contributed by atoms with Crippen LogP contribution in [-0.4, -0.2) is 0 Å². The van der Waals surface area contributed by atoms with Crippen LogP contribution in [0, 0.1) is 0 Å². The molecule has 0 aliphatic rings. The van der Waals surface area contributed by atoms with Gasteiger partial charge in [0.2, 0.25) is 0 Å². The predicted octanol–water partition coefficient (Wildman–Crippen LogP) is 35.1. The van der Waals surface area contributed by atoms with Crippen molar-refractivity contribution >= 4 is 140 Å². The van der Waals surface area contributed by atoms with Crippen molar-refractivity contribution in [1.82, 2.24) is 0 Å². The lowest BCUT2D eigenvalue weighted by Crippen LogP contribution is -1.91. The summed E-state index contributed by atoms with van der Waals surface area (Å²) < 4.78 is 471. The monoisotopic (exact) mass is 1620 g/mol. The molecule has 0 unspecified atom stereocenters.